The number of furan rings is 1. The summed E-state index contributed by atoms with van der Waals surface area (Å²) in [6, 6.07) is 5.84. The number of sulfonamides is 1. The summed E-state index contributed by atoms with van der Waals surface area (Å²) in [6.07, 6.45) is 1.33. The van der Waals surface area contributed by atoms with E-state index in [-0.39, 0.29) is 27.6 Å². The first kappa shape index (κ1) is 17.9. The average molecular weight is 402 g/mol. The number of rotatable bonds is 4. The number of halogens is 2. The Morgan fingerprint density at radius 1 is 1.24 bits per heavy atom. The van der Waals surface area contributed by atoms with Crippen LogP contribution in [-0.4, -0.2) is 36.4 Å². The lowest BCUT2D eigenvalue weighted by Crippen LogP contribution is -2.22. The van der Waals surface area contributed by atoms with Gasteiger partial charge in [-0.25, -0.2) is 17.7 Å². The van der Waals surface area contributed by atoms with Gasteiger partial charge in [-0.3, -0.25) is 9.36 Å². The Balaban J connectivity index is 2.01. The summed E-state index contributed by atoms with van der Waals surface area (Å²) in [5.74, 6) is 0.303. The van der Waals surface area contributed by atoms with Crippen LogP contribution in [0.15, 0.2) is 44.9 Å². The van der Waals surface area contributed by atoms with Gasteiger partial charge in [-0.05, 0) is 24.3 Å². The monoisotopic (exact) mass is 401 g/mol. The fourth-order valence-electron chi connectivity index (χ4n) is 2.24. The van der Waals surface area contributed by atoms with Crippen LogP contribution >= 0.6 is 23.2 Å². The summed E-state index contributed by atoms with van der Waals surface area (Å²) in [4.78, 5) is 16.8. The fraction of sp³-hybridized carbons (Fsp3) is 0.200. The summed E-state index contributed by atoms with van der Waals surface area (Å²) in [6.45, 7) is 0.0227. The largest absolute Gasteiger partial charge is 0.446 e. The van der Waals surface area contributed by atoms with Crippen molar-refractivity contribution in [2.24, 2.45) is 0 Å². The molecule has 2 aromatic heterocycles. The molecule has 1 aromatic carbocycles. The molecule has 10 heteroatoms. The van der Waals surface area contributed by atoms with E-state index in [1.54, 1.807) is 0 Å². The van der Waals surface area contributed by atoms with Crippen molar-refractivity contribution in [3.8, 4) is 0 Å². The Bertz CT molecular complexity index is 1120. The minimum atomic E-state index is -3.68. The molecule has 0 fully saturated rings. The molecule has 0 radical (unpaired) electrons. The van der Waals surface area contributed by atoms with Crippen LogP contribution in [0.5, 0.6) is 0 Å². The summed E-state index contributed by atoms with van der Waals surface area (Å²) < 4.78 is 31.8. The minimum absolute atomic E-state index is 0.0227. The van der Waals surface area contributed by atoms with E-state index in [1.165, 1.54) is 49.3 Å². The quantitative estimate of drug-likeness (QED) is 0.670. The van der Waals surface area contributed by atoms with Crippen molar-refractivity contribution in [3.63, 3.8) is 0 Å². The molecule has 7 nitrogen and oxygen atoms in total. The average Bonchev–Trinajstić information content (AvgIpc) is 2.99. The Kier molecular flexibility index (Phi) is 4.63. The third-order valence-electron chi connectivity index (χ3n) is 3.54. The second kappa shape index (κ2) is 6.45. The molecule has 0 saturated heterocycles. The lowest BCUT2D eigenvalue weighted by molar-refractivity contribution is 0.391. The molecule has 0 N–H and O–H groups in total. The molecule has 0 atom stereocenters. The van der Waals surface area contributed by atoms with Gasteiger partial charge in [0.25, 0.3) is 15.6 Å². The number of aromatic nitrogens is 2. The molecule has 0 aliphatic rings. The van der Waals surface area contributed by atoms with Crippen molar-refractivity contribution in [2.45, 2.75) is 11.6 Å². The van der Waals surface area contributed by atoms with E-state index in [0.717, 1.165) is 4.31 Å². The van der Waals surface area contributed by atoms with Crippen molar-refractivity contribution >= 4 is 44.1 Å². The third kappa shape index (κ3) is 3.30. The Morgan fingerprint density at radius 2 is 1.96 bits per heavy atom. The van der Waals surface area contributed by atoms with E-state index in [2.05, 4.69) is 4.98 Å². The molecule has 25 heavy (non-hydrogen) atoms. The van der Waals surface area contributed by atoms with Gasteiger partial charge in [-0.15, -0.1) is 0 Å². The maximum atomic E-state index is 12.6. The Hall–Kier alpha value is -1.87. The van der Waals surface area contributed by atoms with Gasteiger partial charge >= 0.3 is 0 Å². The van der Waals surface area contributed by atoms with Gasteiger partial charge in [0.1, 0.15) is 5.76 Å². The van der Waals surface area contributed by atoms with Crippen LogP contribution in [0.3, 0.4) is 0 Å². The van der Waals surface area contributed by atoms with Crippen molar-refractivity contribution in [2.75, 3.05) is 14.1 Å². The first-order valence-electron chi connectivity index (χ1n) is 7.05. The smallest absolute Gasteiger partial charge is 0.275 e. The first-order valence-corrected chi connectivity index (χ1v) is 9.25. The number of hydrogen-bond acceptors (Lipinski definition) is 5. The molecule has 0 saturated carbocycles. The van der Waals surface area contributed by atoms with Crippen LogP contribution in [-0.2, 0) is 16.6 Å². The SMILES string of the molecule is CN(C)S(=O)(=O)c1ccc(Cn2cnc3c(Cl)cc(Cl)cc3c2=O)o1. The van der Waals surface area contributed by atoms with Gasteiger partial charge in [0.05, 0.1) is 28.8 Å². The van der Waals surface area contributed by atoms with Gasteiger partial charge in [-0.1, -0.05) is 23.2 Å². The van der Waals surface area contributed by atoms with Crippen LogP contribution in [0, 0.1) is 0 Å². The molecule has 0 spiro atoms. The molecule has 0 aliphatic carbocycles. The molecule has 0 amide bonds. The van der Waals surface area contributed by atoms with E-state index < -0.39 is 10.0 Å². The Morgan fingerprint density at radius 3 is 2.64 bits per heavy atom. The second-order valence-corrected chi connectivity index (χ2v) is 8.40. The van der Waals surface area contributed by atoms with Crippen molar-refractivity contribution in [1.29, 1.82) is 0 Å². The zero-order valence-electron chi connectivity index (χ0n) is 13.2. The predicted octanol–water partition coefficient (Wildman–Crippen LogP) is 2.59. The number of fused-ring (bicyclic) bond motifs is 1. The highest BCUT2D eigenvalue weighted by Gasteiger charge is 2.21. The molecule has 0 unspecified atom stereocenters. The predicted molar refractivity (Wildman–Crippen MR) is 94.7 cm³/mol. The topological polar surface area (TPSA) is 85.4 Å². The third-order valence-corrected chi connectivity index (χ3v) is 5.74. The lowest BCUT2D eigenvalue weighted by Gasteiger charge is -2.08. The molecule has 132 valence electrons. The first-order chi connectivity index (χ1) is 11.7. The number of nitrogens with zero attached hydrogens (tertiary/aromatic N) is 3. The molecule has 3 aromatic rings. The summed E-state index contributed by atoms with van der Waals surface area (Å²) in [5.41, 5.74) is -0.00884. The molecule has 2 heterocycles. The van der Waals surface area contributed by atoms with Gasteiger partial charge in [0, 0.05) is 19.1 Å². The molecular weight excluding hydrogens is 389 g/mol. The minimum Gasteiger partial charge on any atom is -0.446 e. The zero-order valence-corrected chi connectivity index (χ0v) is 15.6. The van der Waals surface area contributed by atoms with Crippen LogP contribution < -0.4 is 5.56 Å². The Labute approximate surface area is 153 Å². The highest BCUT2D eigenvalue weighted by Crippen LogP contribution is 2.24. The van der Waals surface area contributed by atoms with Gasteiger partial charge < -0.3 is 4.42 Å². The van der Waals surface area contributed by atoms with Crippen LogP contribution in [0.4, 0.5) is 0 Å². The maximum Gasteiger partial charge on any atom is 0.275 e. The van der Waals surface area contributed by atoms with Gasteiger partial charge in [0.2, 0.25) is 5.09 Å². The van der Waals surface area contributed by atoms with E-state index >= 15 is 0 Å². The lowest BCUT2D eigenvalue weighted by atomic mass is 10.2. The normalized spacial score (nSPS) is 12.2. The van der Waals surface area contributed by atoms with E-state index in [9.17, 15) is 13.2 Å². The van der Waals surface area contributed by atoms with Crippen LogP contribution in [0.2, 0.25) is 10.0 Å². The standard InChI is InChI=1S/C15H13Cl2N3O4S/c1-19(2)25(22,23)13-4-3-10(24-13)7-20-8-18-14-11(15(20)21)5-9(16)6-12(14)17/h3-6,8H,7H2,1-2H3. The van der Waals surface area contributed by atoms with E-state index in [0.29, 0.717) is 16.3 Å². The molecule has 0 bridgehead atoms. The zero-order chi connectivity index (χ0) is 18.4. The van der Waals surface area contributed by atoms with Gasteiger partial charge in [-0.2, -0.15) is 0 Å². The number of hydrogen-bond donors (Lipinski definition) is 0. The second-order valence-electron chi connectivity index (χ2n) is 5.47. The molecule has 0 aliphatic heterocycles. The van der Waals surface area contributed by atoms with E-state index in [4.69, 9.17) is 27.6 Å². The fourth-order valence-corrected chi connectivity index (χ4v) is 3.59. The molecule has 3 rings (SSSR count). The van der Waals surface area contributed by atoms with Crippen molar-refractivity contribution in [3.05, 3.63) is 56.8 Å². The van der Waals surface area contributed by atoms with Crippen LogP contribution in [0.1, 0.15) is 5.76 Å². The number of benzene rings is 1. The summed E-state index contributed by atoms with van der Waals surface area (Å²) in [7, 11) is -0.865. The highest BCUT2D eigenvalue weighted by atomic mass is 35.5. The maximum absolute atomic E-state index is 12.6. The van der Waals surface area contributed by atoms with Gasteiger partial charge in [0.15, 0.2) is 0 Å². The summed E-state index contributed by atoms with van der Waals surface area (Å²) in [5, 5.41) is 0.684. The van der Waals surface area contributed by atoms with Crippen LogP contribution in [0.25, 0.3) is 10.9 Å². The molecular formula is C15H13Cl2N3O4S. The van der Waals surface area contributed by atoms with Crippen molar-refractivity contribution in [1.82, 2.24) is 13.9 Å². The summed E-state index contributed by atoms with van der Waals surface area (Å²) >= 11 is 12.0. The highest BCUT2D eigenvalue weighted by molar-refractivity contribution is 7.88. The van der Waals surface area contributed by atoms with Crippen molar-refractivity contribution < 1.29 is 12.8 Å². The van der Waals surface area contributed by atoms with E-state index in [1.807, 2.05) is 0 Å².